The van der Waals surface area contributed by atoms with Crippen LogP contribution in [0.3, 0.4) is 0 Å². The fourth-order valence-corrected chi connectivity index (χ4v) is 1.68. The van der Waals surface area contributed by atoms with Gasteiger partial charge in [-0.25, -0.2) is 14.8 Å². The second kappa shape index (κ2) is 4.41. The summed E-state index contributed by atoms with van der Waals surface area (Å²) in [6.07, 6.45) is 1.96. The maximum absolute atomic E-state index is 10.8. The van der Waals surface area contributed by atoms with Gasteiger partial charge in [0.2, 0.25) is 0 Å². The first-order valence-electron chi connectivity index (χ1n) is 4.12. The molecule has 0 aromatic carbocycles. The summed E-state index contributed by atoms with van der Waals surface area (Å²) in [6, 6.07) is 0. The van der Waals surface area contributed by atoms with E-state index in [2.05, 4.69) is 9.97 Å². The van der Waals surface area contributed by atoms with E-state index in [-0.39, 0.29) is 5.56 Å². The fourth-order valence-electron chi connectivity index (χ4n) is 1.29. The van der Waals surface area contributed by atoms with Crippen molar-refractivity contribution in [1.82, 2.24) is 9.97 Å². The Hall–Kier alpha value is -1.10. The standard InChI is InChI=1S/C9H12N2O2S/c1-5-8(9(12)13)6(2)11-7(10-5)4-14-3/h4H2,1-3H3,(H,12,13). The highest BCUT2D eigenvalue weighted by molar-refractivity contribution is 7.97. The van der Waals surface area contributed by atoms with Gasteiger partial charge in [0.1, 0.15) is 11.4 Å². The van der Waals surface area contributed by atoms with Gasteiger partial charge in [0.15, 0.2) is 0 Å². The third-order valence-electron chi connectivity index (χ3n) is 1.80. The molecule has 0 bridgehead atoms. The highest BCUT2D eigenvalue weighted by Crippen LogP contribution is 2.12. The van der Waals surface area contributed by atoms with Gasteiger partial charge >= 0.3 is 5.97 Å². The summed E-state index contributed by atoms with van der Waals surface area (Å²) in [5.41, 5.74) is 1.29. The van der Waals surface area contributed by atoms with E-state index in [4.69, 9.17) is 5.11 Å². The van der Waals surface area contributed by atoms with Gasteiger partial charge in [-0.05, 0) is 20.1 Å². The van der Waals surface area contributed by atoms with E-state index < -0.39 is 5.97 Å². The van der Waals surface area contributed by atoms with Crippen molar-refractivity contribution < 1.29 is 9.90 Å². The van der Waals surface area contributed by atoms with E-state index >= 15 is 0 Å². The molecule has 0 unspecified atom stereocenters. The Bertz CT molecular complexity index is 343. The fraction of sp³-hybridized carbons (Fsp3) is 0.444. The van der Waals surface area contributed by atoms with E-state index in [9.17, 15) is 4.79 Å². The Morgan fingerprint density at radius 3 is 2.21 bits per heavy atom. The van der Waals surface area contributed by atoms with Gasteiger partial charge in [-0.1, -0.05) is 0 Å². The van der Waals surface area contributed by atoms with Crippen LogP contribution >= 0.6 is 11.8 Å². The number of aryl methyl sites for hydroxylation is 2. The topological polar surface area (TPSA) is 63.1 Å². The molecule has 0 radical (unpaired) electrons. The van der Waals surface area contributed by atoms with Crippen molar-refractivity contribution in [1.29, 1.82) is 0 Å². The highest BCUT2D eigenvalue weighted by Gasteiger charge is 2.14. The Morgan fingerprint density at radius 1 is 1.36 bits per heavy atom. The molecule has 0 saturated carbocycles. The molecule has 1 aromatic heterocycles. The predicted octanol–water partition coefficient (Wildman–Crippen LogP) is 1.65. The zero-order valence-corrected chi connectivity index (χ0v) is 9.18. The zero-order chi connectivity index (χ0) is 10.7. The molecule has 1 aromatic rings. The minimum absolute atomic E-state index is 0.217. The SMILES string of the molecule is CSCc1nc(C)c(C(=O)O)c(C)n1. The number of carboxylic acid groups (broad SMARTS) is 1. The van der Waals surface area contributed by atoms with Crippen molar-refractivity contribution in [3.63, 3.8) is 0 Å². The molecule has 1 heterocycles. The second-order valence-electron chi connectivity index (χ2n) is 2.92. The Kier molecular flexibility index (Phi) is 3.46. The van der Waals surface area contributed by atoms with Crippen LogP contribution in [0, 0.1) is 13.8 Å². The van der Waals surface area contributed by atoms with E-state index in [0.29, 0.717) is 23.0 Å². The monoisotopic (exact) mass is 212 g/mol. The molecular formula is C9H12N2O2S. The number of hydrogen-bond donors (Lipinski definition) is 1. The van der Waals surface area contributed by atoms with Gasteiger partial charge in [-0.2, -0.15) is 11.8 Å². The minimum Gasteiger partial charge on any atom is -0.478 e. The van der Waals surface area contributed by atoms with Crippen molar-refractivity contribution in [2.24, 2.45) is 0 Å². The Morgan fingerprint density at radius 2 is 1.86 bits per heavy atom. The minimum atomic E-state index is -0.962. The van der Waals surface area contributed by atoms with Crippen molar-refractivity contribution in [3.05, 3.63) is 22.8 Å². The predicted molar refractivity (Wildman–Crippen MR) is 55.7 cm³/mol. The van der Waals surface area contributed by atoms with Crippen LogP contribution in [0.4, 0.5) is 0 Å². The third kappa shape index (κ3) is 2.23. The van der Waals surface area contributed by atoms with Crippen LogP contribution in [0.1, 0.15) is 27.6 Å². The summed E-state index contributed by atoms with van der Waals surface area (Å²) in [5, 5.41) is 8.88. The molecule has 0 amide bonds. The first-order chi connectivity index (χ1) is 6.56. The molecule has 0 spiro atoms. The number of thioether (sulfide) groups is 1. The number of aromatic carboxylic acids is 1. The van der Waals surface area contributed by atoms with Crippen LogP contribution in [0.15, 0.2) is 0 Å². The van der Waals surface area contributed by atoms with Crippen molar-refractivity contribution in [3.8, 4) is 0 Å². The number of carboxylic acids is 1. The van der Waals surface area contributed by atoms with Crippen molar-refractivity contribution in [2.45, 2.75) is 19.6 Å². The number of hydrogen-bond acceptors (Lipinski definition) is 4. The maximum atomic E-state index is 10.8. The molecule has 1 N–H and O–H groups in total. The van der Waals surface area contributed by atoms with E-state index in [0.717, 1.165) is 0 Å². The number of nitrogens with zero attached hydrogens (tertiary/aromatic N) is 2. The molecule has 0 atom stereocenters. The second-order valence-corrected chi connectivity index (χ2v) is 3.79. The molecule has 0 aliphatic rings. The molecule has 5 heteroatoms. The van der Waals surface area contributed by atoms with E-state index in [1.54, 1.807) is 25.6 Å². The smallest absolute Gasteiger partial charge is 0.339 e. The van der Waals surface area contributed by atoms with Gasteiger partial charge in [-0.15, -0.1) is 0 Å². The Labute approximate surface area is 86.8 Å². The maximum Gasteiger partial charge on any atom is 0.339 e. The molecule has 0 saturated heterocycles. The van der Waals surface area contributed by atoms with Crippen LogP contribution < -0.4 is 0 Å². The largest absolute Gasteiger partial charge is 0.478 e. The van der Waals surface area contributed by atoms with Gasteiger partial charge in [-0.3, -0.25) is 0 Å². The normalized spacial score (nSPS) is 10.2. The number of aromatic nitrogens is 2. The van der Waals surface area contributed by atoms with Crippen molar-refractivity contribution in [2.75, 3.05) is 6.26 Å². The summed E-state index contributed by atoms with van der Waals surface area (Å²) in [7, 11) is 0. The van der Waals surface area contributed by atoms with Gasteiger partial charge in [0.25, 0.3) is 0 Å². The molecule has 4 nitrogen and oxygen atoms in total. The number of carbonyl (C=O) groups is 1. The highest BCUT2D eigenvalue weighted by atomic mass is 32.2. The summed E-state index contributed by atoms with van der Waals surface area (Å²) >= 11 is 1.61. The number of rotatable bonds is 3. The van der Waals surface area contributed by atoms with Gasteiger partial charge in [0, 0.05) is 0 Å². The lowest BCUT2D eigenvalue weighted by molar-refractivity contribution is 0.0694. The van der Waals surface area contributed by atoms with Gasteiger partial charge in [0.05, 0.1) is 17.1 Å². The summed E-state index contributed by atoms with van der Waals surface area (Å²) in [6.45, 7) is 3.39. The Balaban J connectivity index is 3.18. The third-order valence-corrected chi connectivity index (χ3v) is 2.35. The van der Waals surface area contributed by atoms with Crippen LogP contribution in [0.5, 0.6) is 0 Å². The van der Waals surface area contributed by atoms with E-state index in [1.165, 1.54) is 0 Å². The molecule has 1 rings (SSSR count). The quantitative estimate of drug-likeness (QED) is 0.825. The average Bonchev–Trinajstić information content (AvgIpc) is 2.01. The van der Waals surface area contributed by atoms with Crippen LogP contribution in [0.25, 0.3) is 0 Å². The average molecular weight is 212 g/mol. The van der Waals surface area contributed by atoms with Crippen LogP contribution in [-0.2, 0) is 5.75 Å². The molecular weight excluding hydrogens is 200 g/mol. The first-order valence-corrected chi connectivity index (χ1v) is 5.52. The molecule has 76 valence electrons. The lowest BCUT2D eigenvalue weighted by Gasteiger charge is -2.06. The molecule has 14 heavy (non-hydrogen) atoms. The lowest BCUT2D eigenvalue weighted by atomic mass is 10.2. The van der Waals surface area contributed by atoms with E-state index in [1.807, 2.05) is 6.26 Å². The summed E-state index contributed by atoms with van der Waals surface area (Å²) in [4.78, 5) is 19.1. The molecule has 0 aliphatic carbocycles. The van der Waals surface area contributed by atoms with Gasteiger partial charge < -0.3 is 5.11 Å². The summed E-state index contributed by atoms with van der Waals surface area (Å²) < 4.78 is 0. The van der Waals surface area contributed by atoms with Crippen LogP contribution in [0.2, 0.25) is 0 Å². The first kappa shape index (κ1) is 11.0. The van der Waals surface area contributed by atoms with Crippen LogP contribution in [-0.4, -0.2) is 27.3 Å². The lowest BCUT2D eigenvalue weighted by Crippen LogP contribution is -2.09. The molecule has 0 fully saturated rings. The molecule has 0 aliphatic heterocycles. The van der Waals surface area contributed by atoms with Crippen molar-refractivity contribution >= 4 is 17.7 Å². The summed E-state index contributed by atoms with van der Waals surface area (Å²) in [5.74, 6) is 0.440. The zero-order valence-electron chi connectivity index (χ0n) is 8.37.